The molecular formula is C14H20N2. The van der Waals surface area contributed by atoms with Crippen molar-refractivity contribution < 1.29 is 0 Å². The van der Waals surface area contributed by atoms with Crippen LogP contribution in [0.4, 0.5) is 0 Å². The zero-order valence-electron chi connectivity index (χ0n) is 10.3. The minimum atomic E-state index is 0.522. The summed E-state index contributed by atoms with van der Waals surface area (Å²) in [6, 6.07) is 6.56. The summed E-state index contributed by atoms with van der Waals surface area (Å²) in [6.45, 7) is 7.28. The first-order valence-corrected chi connectivity index (χ1v) is 5.94. The Morgan fingerprint density at radius 1 is 1.31 bits per heavy atom. The summed E-state index contributed by atoms with van der Waals surface area (Å²) >= 11 is 0. The molecule has 0 aliphatic carbocycles. The lowest BCUT2D eigenvalue weighted by Crippen LogP contribution is -2.05. The smallest absolute Gasteiger partial charge is 0.0459 e. The molecule has 1 aromatic carbocycles. The molecule has 0 atom stereocenters. The van der Waals surface area contributed by atoms with Crippen LogP contribution in [0.5, 0.6) is 0 Å². The van der Waals surface area contributed by atoms with Gasteiger partial charge in [0.2, 0.25) is 0 Å². The second kappa shape index (κ2) is 4.30. The van der Waals surface area contributed by atoms with Crippen molar-refractivity contribution in [1.29, 1.82) is 0 Å². The number of benzene rings is 1. The van der Waals surface area contributed by atoms with Crippen LogP contribution in [0.25, 0.3) is 10.9 Å². The van der Waals surface area contributed by atoms with Crippen LogP contribution in [0.15, 0.2) is 18.2 Å². The first kappa shape index (κ1) is 11.2. The highest BCUT2D eigenvalue weighted by Gasteiger charge is 2.13. The number of nitrogens with two attached hydrogens (primary N) is 1. The van der Waals surface area contributed by atoms with Crippen molar-refractivity contribution in [2.75, 3.05) is 6.54 Å². The lowest BCUT2D eigenvalue weighted by atomic mass is 10.0. The quantitative estimate of drug-likeness (QED) is 0.813. The molecule has 0 aliphatic heterocycles. The number of fused-ring (bicyclic) bond motifs is 1. The van der Waals surface area contributed by atoms with Crippen molar-refractivity contribution in [2.24, 2.45) is 5.73 Å². The summed E-state index contributed by atoms with van der Waals surface area (Å²) < 4.78 is 0. The number of nitrogens with one attached hydrogen (secondary N) is 1. The second-order valence-electron chi connectivity index (χ2n) is 4.76. The summed E-state index contributed by atoms with van der Waals surface area (Å²) in [6.07, 6.45) is 0.955. The van der Waals surface area contributed by atoms with E-state index in [2.05, 4.69) is 44.0 Å². The molecule has 0 saturated carbocycles. The Kier molecular flexibility index (Phi) is 3.01. The fourth-order valence-corrected chi connectivity index (χ4v) is 2.29. The van der Waals surface area contributed by atoms with E-state index in [1.807, 2.05) is 0 Å². The molecular weight excluding hydrogens is 196 g/mol. The molecule has 3 N–H and O–H groups in total. The van der Waals surface area contributed by atoms with Crippen molar-refractivity contribution in [3.8, 4) is 0 Å². The molecule has 86 valence electrons. The van der Waals surface area contributed by atoms with Crippen LogP contribution >= 0.6 is 0 Å². The molecule has 0 amide bonds. The topological polar surface area (TPSA) is 41.8 Å². The highest BCUT2D eigenvalue weighted by molar-refractivity contribution is 5.85. The number of H-pyrrole nitrogens is 1. The van der Waals surface area contributed by atoms with Gasteiger partial charge >= 0.3 is 0 Å². The summed E-state index contributed by atoms with van der Waals surface area (Å²) in [4.78, 5) is 3.52. The predicted octanol–water partition coefficient (Wildman–Crippen LogP) is 3.10. The number of aromatic nitrogens is 1. The van der Waals surface area contributed by atoms with Gasteiger partial charge in [-0.15, -0.1) is 0 Å². The van der Waals surface area contributed by atoms with Crippen LogP contribution < -0.4 is 5.73 Å². The zero-order chi connectivity index (χ0) is 11.7. The Labute approximate surface area is 96.9 Å². The summed E-state index contributed by atoms with van der Waals surface area (Å²) in [5, 5.41) is 1.34. The molecule has 16 heavy (non-hydrogen) atoms. The van der Waals surface area contributed by atoms with Gasteiger partial charge in [-0.25, -0.2) is 0 Å². The SMILES string of the molecule is Cc1ccc2[nH]c(C(C)C)c(CCN)c2c1. The van der Waals surface area contributed by atoms with E-state index in [-0.39, 0.29) is 0 Å². The van der Waals surface area contributed by atoms with Crippen LogP contribution in [0.2, 0.25) is 0 Å². The molecule has 0 spiro atoms. The lowest BCUT2D eigenvalue weighted by Gasteiger charge is -2.06. The molecule has 2 nitrogen and oxygen atoms in total. The third kappa shape index (κ3) is 1.85. The van der Waals surface area contributed by atoms with E-state index in [0.717, 1.165) is 6.42 Å². The van der Waals surface area contributed by atoms with Gasteiger partial charge in [0.25, 0.3) is 0 Å². The summed E-state index contributed by atoms with van der Waals surface area (Å²) in [5.41, 5.74) is 11.0. The average molecular weight is 216 g/mol. The van der Waals surface area contributed by atoms with Gasteiger partial charge in [-0.05, 0) is 43.5 Å². The number of aromatic amines is 1. The van der Waals surface area contributed by atoms with Crippen molar-refractivity contribution in [2.45, 2.75) is 33.1 Å². The average Bonchev–Trinajstić information content (AvgIpc) is 2.58. The molecule has 0 saturated heterocycles. The van der Waals surface area contributed by atoms with Crippen molar-refractivity contribution >= 4 is 10.9 Å². The fourth-order valence-electron chi connectivity index (χ4n) is 2.29. The Morgan fingerprint density at radius 2 is 2.06 bits per heavy atom. The molecule has 2 rings (SSSR count). The monoisotopic (exact) mass is 216 g/mol. The number of hydrogen-bond acceptors (Lipinski definition) is 1. The van der Waals surface area contributed by atoms with E-state index in [9.17, 15) is 0 Å². The van der Waals surface area contributed by atoms with Gasteiger partial charge in [0.15, 0.2) is 0 Å². The fraction of sp³-hybridized carbons (Fsp3) is 0.429. The van der Waals surface area contributed by atoms with Gasteiger partial charge in [-0.3, -0.25) is 0 Å². The van der Waals surface area contributed by atoms with E-state index >= 15 is 0 Å². The summed E-state index contributed by atoms with van der Waals surface area (Å²) in [7, 11) is 0. The highest BCUT2D eigenvalue weighted by Crippen LogP contribution is 2.28. The van der Waals surface area contributed by atoms with E-state index in [1.54, 1.807) is 0 Å². The van der Waals surface area contributed by atoms with Crippen molar-refractivity contribution in [3.05, 3.63) is 35.0 Å². The largest absolute Gasteiger partial charge is 0.358 e. The summed E-state index contributed by atoms with van der Waals surface area (Å²) in [5.74, 6) is 0.522. The van der Waals surface area contributed by atoms with E-state index in [0.29, 0.717) is 12.5 Å². The van der Waals surface area contributed by atoms with E-state index in [4.69, 9.17) is 5.73 Å². The molecule has 0 aliphatic rings. The molecule has 0 bridgehead atoms. The molecule has 1 aromatic heterocycles. The van der Waals surface area contributed by atoms with Crippen molar-refractivity contribution in [3.63, 3.8) is 0 Å². The van der Waals surface area contributed by atoms with Gasteiger partial charge in [0.05, 0.1) is 0 Å². The minimum absolute atomic E-state index is 0.522. The standard InChI is InChI=1S/C14H20N2/c1-9(2)14-11(6-7-15)12-8-10(3)4-5-13(12)16-14/h4-5,8-9,16H,6-7,15H2,1-3H3. The first-order valence-electron chi connectivity index (χ1n) is 5.94. The molecule has 2 aromatic rings. The van der Waals surface area contributed by atoms with Crippen LogP contribution in [0, 0.1) is 6.92 Å². The van der Waals surface area contributed by atoms with Crippen LogP contribution in [-0.2, 0) is 6.42 Å². The third-order valence-corrected chi connectivity index (χ3v) is 3.07. The maximum Gasteiger partial charge on any atom is 0.0459 e. The van der Waals surface area contributed by atoms with Crippen LogP contribution in [-0.4, -0.2) is 11.5 Å². The third-order valence-electron chi connectivity index (χ3n) is 3.07. The molecule has 0 fully saturated rings. The van der Waals surface area contributed by atoms with E-state index in [1.165, 1.54) is 27.7 Å². The number of hydrogen-bond donors (Lipinski definition) is 2. The van der Waals surface area contributed by atoms with Crippen LogP contribution in [0.3, 0.4) is 0 Å². The van der Waals surface area contributed by atoms with Crippen molar-refractivity contribution in [1.82, 2.24) is 4.98 Å². The van der Waals surface area contributed by atoms with Gasteiger partial charge in [0, 0.05) is 16.6 Å². The maximum absolute atomic E-state index is 5.70. The Bertz CT molecular complexity index is 495. The normalized spacial score (nSPS) is 11.6. The van der Waals surface area contributed by atoms with Gasteiger partial charge in [-0.1, -0.05) is 25.5 Å². The first-order chi connectivity index (χ1) is 7.63. The zero-order valence-corrected chi connectivity index (χ0v) is 10.3. The van der Waals surface area contributed by atoms with Gasteiger partial charge < -0.3 is 10.7 Å². The highest BCUT2D eigenvalue weighted by atomic mass is 14.7. The molecule has 0 unspecified atom stereocenters. The van der Waals surface area contributed by atoms with Gasteiger partial charge in [0.1, 0.15) is 0 Å². The number of aryl methyl sites for hydroxylation is 1. The van der Waals surface area contributed by atoms with E-state index < -0.39 is 0 Å². The molecule has 0 radical (unpaired) electrons. The van der Waals surface area contributed by atoms with Crippen LogP contribution in [0.1, 0.15) is 36.6 Å². The lowest BCUT2D eigenvalue weighted by molar-refractivity contribution is 0.809. The molecule has 1 heterocycles. The Morgan fingerprint density at radius 3 is 2.69 bits per heavy atom. The second-order valence-corrected chi connectivity index (χ2v) is 4.76. The van der Waals surface area contributed by atoms with Gasteiger partial charge in [-0.2, -0.15) is 0 Å². The minimum Gasteiger partial charge on any atom is -0.358 e. The molecule has 2 heteroatoms. The number of rotatable bonds is 3. The Hall–Kier alpha value is -1.28. The predicted molar refractivity (Wildman–Crippen MR) is 69.9 cm³/mol. The Balaban J connectivity index is 2.67. The maximum atomic E-state index is 5.70.